The number of carboxylic acid groups (broad SMARTS) is 1. The van der Waals surface area contributed by atoms with Gasteiger partial charge in [-0.15, -0.1) is 0 Å². The van der Waals surface area contributed by atoms with Gasteiger partial charge in [-0.05, 0) is 43.0 Å². The predicted molar refractivity (Wildman–Crippen MR) is 69.5 cm³/mol. The van der Waals surface area contributed by atoms with Crippen molar-refractivity contribution in [3.05, 3.63) is 35.1 Å². The molecule has 1 aromatic rings. The Balaban J connectivity index is 2.84. The molecule has 0 fully saturated rings. The number of rotatable bonds is 5. The van der Waals surface area contributed by atoms with Crippen molar-refractivity contribution in [3.8, 4) is 0 Å². The van der Waals surface area contributed by atoms with E-state index in [1.54, 1.807) is 6.92 Å². The largest absolute Gasteiger partial charge is 0.480 e. The van der Waals surface area contributed by atoms with Gasteiger partial charge in [0.05, 0.1) is 0 Å². The van der Waals surface area contributed by atoms with Crippen LogP contribution in [-0.2, 0) is 4.79 Å². The van der Waals surface area contributed by atoms with Gasteiger partial charge in [0.1, 0.15) is 11.9 Å². The van der Waals surface area contributed by atoms with Crippen molar-refractivity contribution >= 4 is 11.9 Å². The average Bonchev–Trinajstić information content (AvgIpc) is 2.25. The second kappa shape index (κ2) is 6.31. The fourth-order valence-corrected chi connectivity index (χ4v) is 1.80. The highest BCUT2D eigenvalue weighted by Crippen LogP contribution is 2.10. The Bertz CT molecular complexity index is 465. The Hall–Kier alpha value is -1.91. The van der Waals surface area contributed by atoms with Crippen LogP contribution in [0.5, 0.6) is 0 Å². The minimum Gasteiger partial charge on any atom is -0.480 e. The number of carbonyl (C=O) groups is 2. The van der Waals surface area contributed by atoms with Crippen LogP contribution < -0.4 is 5.32 Å². The number of benzene rings is 1. The topological polar surface area (TPSA) is 66.4 Å². The molecule has 4 nitrogen and oxygen atoms in total. The van der Waals surface area contributed by atoms with Gasteiger partial charge in [0.2, 0.25) is 0 Å². The first kappa shape index (κ1) is 15.1. The maximum absolute atomic E-state index is 13.2. The van der Waals surface area contributed by atoms with E-state index in [1.807, 2.05) is 13.8 Å². The zero-order valence-corrected chi connectivity index (χ0v) is 11.2. The molecule has 19 heavy (non-hydrogen) atoms. The van der Waals surface area contributed by atoms with Crippen LogP contribution in [0.25, 0.3) is 0 Å². The van der Waals surface area contributed by atoms with Gasteiger partial charge in [0.15, 0.2) is 0 Å². The predicted octanol–water partition coefficient (Wildman–Crippen LogP) is 2.36. The molecule has 0 saturated carbocycles. The quantitative estimate of drug-likeness (QED) is 0.860. The molecule has 0 radical (unpaired) electrons. The zero-order valence-electron chi connectivity index (χ0n) is 11.2. The highest BCUT2D eigenvalue weighted by Gasteiger charge is 2.21. The van der Waals surface area contributed by atoms with Crippen LogP contribution in [0.3, 0.4) is 0 Å². The van der Waals surface area contributed by atoms with E-state index in [-0.39, 0.29) is 11.5 Å². The lowest BCUT2D eigenvalue weighted by Gasteiger charge is -2.16. The molecular formula is C14H18FNO3. The summed E-state index contributed by atoms with van der Waals surface area (Å²) < 4.78 is 13.2. The maximum Gasteiger partial charge on any atom is 0.326 e. The normalized spacial score (nSPS) is 12.3. The van der Waals surface area contributed by atoms with E-state index in [0.717, 1.165) is 6.07 Å². The molecule has 0 aromatic heterocycles. The molecule has 0 aliphatic heterocycles. The first-order valence-electron chi connectivity index (χ1n) is 6.10. The maximum atomic E-state index is 13.2. The van der Waals surface area contributed by atoms with Gasteiger partial charge in [-0.3, -0.25) is 4.79 Å². The first-order chi connectivity index (χ1) is 8.79. The highest BCUT2D eigenvalue weighted by atomic mass is 19.1. The van der Waals surface area contributed by atoms with Crippen molar-refractivity contribution in [2.75, 3.05) is 0 Å². The summed E-state index contributed by atoms with van der Waals surface area (Å²) in [6.07, 6.45) is 0.329. The Morgan fingerprint density at radius 1 is 1.32 bits per heavy atom. The minimum atomic E-state index is -1.09. The van der Waals surface area contributed by atoms with Crippen LogP contribution in [0.4, 0.5) is 4.39 Å². The van der Waals surface area contributed by atoms with E-state index < -0.39 is 23.7 Å². The third kappa shape index (κ3) is 4.69. The monoisotopic (exact) mass is 267 g/mol. The van der Waals surface area contributed by atoms with Crippen LogP contribution in [-0.4, -0.2) is 23.0 Å². The summed E-state index contributed by atoms with van der Waals surface area (Å²) in [5.74, 6) is -2.04. The van der Waals surface area contributed by atoms with E-state index in [2.05, 4.69) is 5.32 Å². The molecule has 5 heteroatoms. The van der Waals surface area contributed by atoms with E-state index in [9.17, 15) is 14.0 Å². The Morgan fingerprint density at radius 3 is 2.42 bits per heavy atom. The third-order valence-electron chi connectivity index (χ3n) is 2.61. The molecule has 0 aliphatic rings. The smallest absolute Gasteiger partial charge is 0.326 e. The molecule has 0 bridgehead atoms. The fraction of sp³-hybridized carbons (Fsp3) is 0.429. The fourth-order valence-electron chi connectivity index (χ4n) is 1.80. The Labute approximate surface area is 111 Å². The van der Waals surface area contributed by atoms with Crippen LogP contribution in [0.15, 0.2) is 18.2 Å². The number of amides is 1. The van der Waals surface area contributed by atoms with Crippen LogP contribution in [0, 0.1) is 18.7 Å². The number of aryl methyl sites for hydroxylation is 1. The van der Waals surface area contributed by atoms with Gasteiger partial charge >= 0.3 is 5.97 Å². The van der Waals surface area contributed by atoms with Crippen LogP contribution in [0.2, 0.25) is 0 Å². The summed E-state index contributed by atoms with van der Waals surface area (Å²) in [4.78, 5) is 23.0. The minimum absolute atomic E-state index is 0.132. The number of carboxylic acids is 1. The summed E-state index contributed by atoms with van der Waals surface area (Å²) in [5.41, 5.74) is 0.744. The van der Waals surface area contributed by atoms with Crippen LogP contribution >= 0.6 is 0 Å². The number of nitrogens with one attached hydrogen (secondary N) is 1. The molecule has 1 aromatic carbocycles. The number of carbonyl (C=O) groups excluding carboxylic acids is 1. The van der Waals surface area contributed by atoms with Crippen molar-refractivity contribution in [1.29, 1.82) is 0 Å². The molecule has 0 saturated heterocycles. The van der Waals surface area contributed by atoms with Gasteiger partial charge in [0.25, 0.3) is 5.91 Å². The summed E-state index contributed by atoms with van der Waals surface area (Å²) in [7, 11) is 0. The first-order valence-corrected chi connectivity index (χ1v) is 6.10. The lowest BCUT2D eigenvalue weighted by Crippen LogP contribution is -2.41. The van der Waals surface area contributed by atoms with Crippen molar-refractivity contribution < 1.29 is 19.1 Å². The summed E-state index contributed by atoms with van der Waals surface area (Å²) in [5, 5.41) is 11.5. The zero-order chi connectivity index (χ0) is 14.6. The summed E-state index contributed by atoms with van der Waals surface area (Å²) >= 11 is 0. The molecule has 104 valence electrons. The van der Waals surface area contributed by atoms with Crippen LogP contribution in [0.1, 0.15) is 36.2 Å². The van der Waals surface area contributed by atoms with Gasteiger partial charge in [-0.1, -0.05) is 13.8 Å². The van der Waals surface area contributed by atoms with Gasteiger partial charge in [-0.25, -0.2) is 9.18 Å². The SMILES string of the molecule is Cc1cc(F)cc(C(=O)NC(CC(C)C)C(=O)O)c1. The van der Waals surface area contributed by atoms with Crippen molar-refractivity contribution in [1.82, 2.24) is 5.32 Å². The second-order valence-electron chi connectivity index (χ2n) is 5.01. The van der Waals surface area contributed by atoms with Gasteiger partial charge in [0, 0.05) is 5.56 Å². The Kier molecular flexibility index (Phi) is 5.03. The standard InChI is InChI=1S/C14H18FNO3/c1-8(2)4-12(14(18)19)16-13(17)10-5-9(3)6-11(15)7-10/h5-8,12H,4H2,1-3H3,(H,16,17)(H,18,19). The van der Waals surface area contributed by atoms with Gasteiger partial charge in [-0.2, -0.15) is 0 Å². The molecular weight excluding hydrogens is 249 g/mol. The van der Waals surface area contributed by atoms with E-state index in [1.165, 1.54) is 12.1 Å². The van der Waals surface area contributed by atoms with E-state index >= 15 is 0 Å². The van der Waals surface area contributed by atoms with Crippen molar-refractivity contribution in [2.45, 2.75) is 33.2 Å². The number of halogens is 1. The third-order valence-corrected chi connectivity index (χ3v) is 2.61. The molecule has 0 heterocycles. The molecule has 1 unspecified atom stereocenters. The lowest BCUT2D eigenvalue weighted by molar-refractivity contribution is -0.139. The molecule has 2 N–H and O–H groups in total. The van der Waals surface area contributed by atoms with Crippen molar-refractivity contribution in [2.24, 2.45) is 5.92 Å². The van der Waals surface area contributed by atoms with E-state index in [0.29, 0.717) is 12.0 Å². The number of hydrogen-bond donors (Lipinski definition) is 2. The molecule has 1 rings (SSSR count). The number of hydrogen-bond acceptors (Lipinski definition) is 2. The molecule has 1 atom stereocenters. The summed E-state index contributed by atoms with van der Waals surface area (Å²) in [6, 6.07) is 2.96. The van der Waals surface area contributed by atoms with Crippen molar-refractivity contribution in [3.63, 3.8) is 0 Å². The molecule has 0 aliphatic carbocycles. The Morgan fingerprint density at radius 2 is 1.95 bits per heavy atom. The molecule has 0 spiro atoms. The van der Waals surface area contributed by atoms with Gasteiger partial charge < -0.3 is 10.4 Å². The summed E-state index contributed by atoms with van der Waals surface area (Å²) in [6.45, 7) is 5.41. The highest BCUT2D eigenvalue weighted by molar-refractivity contribution is 5.96. The second-order valence-corrected chi connectivity index (χ2v) is 5.01. The number of aliphatic carboxylic acids is 1. The molecule has 1 amide bonds. The lowest BCUT2D eigenvalue weighted by atomic mass is 10.0. The average molecular weight is 267 g/mol. The van der Waals surface area contributed by atoms with E-state index in [4.69, 9.17) is 5.11 Å².